The topological polar surface area (TPSA) is 150 Å². The van der Waals surface area contributed by atoms with E-state index in [1.165, 1.54) is 23.6 Å². The molecule has 188 valence electrons. The normalized spacial score (nSPS) is 15.5. The molecule has 0 saturated carbocycles. The Morgan fingerprint density at radius 2 is 1.77 bits per heavy atom. The zero-order chi connectivity index (χ0) is 26.1. The summed E-state index contributed by atoms with van der Waals surface area (Å²) in [5.74, 6) is -1.41. The molecule has 0 radical (unpaired) electrons. The second-order valence-electron chi connectivity index (χ2n) is 7.62. The summed E-state index contributed by atoms with van der Waals surface area (Å²) in [6, 6.07) is 10.3. The molecule has 3 rings (SSSR count). The lowest BCUT2D eigenvalue weighted by molar-refractivity contribution is -0.147. The van der Waals surface area contributed by atoms with Crippen LogP contribution in [0.1, 0.15) is 18.1 Å². The highest BCUT2D eigenvalue weighted by Gasteiger charge is 2.32. The number of halogens is 2. The number of hydrogen-bond donors (Lipinski definition) is 4. The van der Waals surface area contributed by atoms with Gasteiger partial charge in [0, 0.05) is 28.4 Å². The van der Waals surface area contributed by atoms with Crippen LogP contribution in [0.5, 0.6) is 0 Å². The maximum Gasteiger partial charge on any atom is 0.327 e. The summed E-state index contributed by atoms with van der Waals surface area (Å²) in [5, 5.41) is 21.1. The number of carboxylic acid groups (broad SMARTS) is 2. The Bertz CT molecular complexity index is 1060. The minimum Gasteiger partial charge on any atom is -0.480 e. The number of carboxylic acids is 2. The van der Waals surface area contributed by atoms with E-state index in [-0.39, 0.29) is 24.7 Å². The molecule has 1 aliphatic rings. The van der Waals surface area contributed by atoms with Crippen LogP contribution in [0.4, 0.5) is 5.69 Å². The summed E-state index contributed by atoms with van der Waals surface area (Å²) >= 11 is 13.6. The quantitative estimate of drug-likeness (QED) is 0.417. The first-order valence-corrected chi connectivity index (χ1v) is 12.3. The van der Waals surface area contributed by atoms with Crippen molar-refractivity contribution in [2.24, 2.45) is 5.73 Å². The first kappa shape index (κ1) is 28.4. The van der Waals surface area contributed by atoms with Crippen molar-refractivity contribution in [2.75, 3.05) is 16.9 Å². The second kappa shape index (κ2) is 13.3. The maximum atomic E-state index is 12.2. The highest BCUT2D eigenvalue weighted by Crippen LogP contribution is 2.25. The van der Waals surface area contributed by atoms with Crippen LogP contribution in [-0.2, 0) is 32.0 Å². The van der Waals surface area contributed by atoms with E-state index < -0.39 is 24.0 Å². The average Bonchev–Trinajstić information content (AvgIpc) is 3.28. The molecular formula is C23H25Cl2N3O6S. The second-order valence-corrected chi connectivity index (χ2v) is 9.43. The molecular weight excluding hydrogens is 517 g/mol. The van der Waals surface area contributed by atoms with E-state index in [4.69, 9.17) is 39.1 Å². The lowest BCUT2D eigenvalue weighted by Crippen LogP contribution is -2.40. The van der Waals surface area contributed by atoms with E-state index in [2.05, 4.69) is 5.32 Å². The summed E-state index contributed by atoms with van der Waals surface area (Å²) in [6.07, 6.45) is 0.215. The summed E-state index contributed by atoms with van der Waals surface area (Å²) in [5.41, 5.74) is 7.35. The Morgan fingerprint density at radius 1 is 1.14 bits per heavy atom. The van der Waals surface area contributed by atoms with E-state index in [1.54, 1.807) is 42.5 Å². The molecule has 1 heterocycles. The van der Waals surface area contributed by atoms with Gasteiger partial charge < -0.3 is 26.2 Å². The van der Waals surface area contributed by atoms with Gasteiger partial charge in [0.1, 0.15) is 12.1 Å². The van der Waals surface area contributed by atoms with Crippen molar-refractivity contribution in [2.45, 2.75) is 31.8 Å². The molecule has 0 aliphatic carbocycles. The molecule has 1 saturated heterocycles. The summed E-state index contributed by atoms with van der Waals surface area (Å²) < 4.78 is 0. The molecule has 1 unspecified atom stereocenters. The number of nitrogens with two attached hydrogens (primary N) is 1. The van der Waals surface area contributed by atoms with Crippen molar-refractivity contribution in [3.8, 4) is 0 Å². The third kappa shape index (κ3) is 8.74. The number of aliphatic carboxylic acids is 2. The predicted molar refractivity (Wildman–Crippen MR) is 136 cm³/mol. The highest BCUT2D eigenvalue weighted by molar-refractivity contribution is 7.99. The molecule has 2 atom stereocenters. The Balaban J connectivity index is 0.000000328. The van der Waals surface area contributed by atoms with Gasteiger partial charge in [-0.2, -0.15) is 0 Å². The van der Waals surface area contributed by atoms with Crippen LogP contribution in [0.25, 0.3) is 0 Å². The lowest BCUT2D eigenvalue weighted by atomic mass is 10.1. The summed E-state index contributed by atoms with van der Waals surface area (Å²) in [4.78, 5) is 45.7. The number of benzene rings is 2. The molecule has 2 aromatic rings. The molecule has 0 aromatic heterocycles. The Labute approximate surface area is 216 Å². The number of carbonyl (C=O) groups is 4. The van der Waals surface area contributed by atoms with Crippen LogP contribution in [-0.4, -0.2) is 62.6 Å². The summed E-state index contributed by atoms with van der Waals surface area (Å²) in [6.45, 7) is 1.39. The largest absolute Gasteiger partial charge is 0.480 e. The number of anilines is 1. The average molecular weight is 542 g/mol. The van der Waals surface area contributed by atoms with E-state index in [9.17, 15) is 19.2 Å². The molecule has 2 aromatic carbocycles. The molecule has 2 amide bonds. The summed E-state index contributed by atoms with van der Waals surface area (Å²) in [7, 11) is 0. The van der Waals surface area contributed by atoms with Gasteiger partial charge in [-0.15, -0.1) is 11.8 Å². The van der Waals surface area contributed by atoms with Crippen LogP contribution in [0, 0.1) is 0 Å². The zero-order valence-corrected chi connectivity index (χ0v) is 21.1. The third-order valence-corrected chi connectivity index (χ3v) is 6.67. The van der Waals surface area contributed by atoms with E-state index in [1.807, 2.05) is 0 Å². The molecule has 9 nitrogen and oxygen atoms in total. The predicted octanol–water partition coefficient (Wildman–Crippen LogP) is 3.12. The number of amides is 2. The zero-order valence-electron chi connectivity index (χ0n) is 18.7. The SMILES string of the molecule is CC(=O)N1CSC[C@@H]1C(=O)O.NC(Cc1cccc(NC(=O)Cc2c(Cl)cccc2Cl)c1)C(=O)O. The van der Waals surface area contributed by atoms with Crippen molar-refractivity contribution in [1.29, 1.82) is 0 Å². The Morgan fingerprint density at radius 3 is 2.31 bits per heavy atom. The fraction of sp³-hybridized carbons (Fsp3) is 0.304. The maximum absolute atomic E-state index is 12.2. The molecule has 35 heavy (non-hydrogen) atoms. The van der Waals surface area contributed by atoms with Gasteiger partial charge in [-0.1, -0.05) is 41.4 Å². The van der Waals surface area contributed by atoms with Gasteiger partial charge in [-0.25, -0.2) is 4.79 Å². The monoisotopic (exact) mass is 541 g/mol. The van der Waals surface area contributed by atoms with Crippen molar-refractivity contribution in [3.63, 3.8) is 0 Å². The standard InChI is InChI=1S/C17H16Cl2N2O3.C6H9NO3S/c18-13-5-2-6-14(19)12(13)9-16(22)21-11-4-1-3-10(7-11)8-15(20)17(23)24;1-4(8)7-3-11-2-5(7)6(9)10/h1-7,15H,8-9,20H2,(H,21,22)(H,23,24);5H,2-3H2,1H3,(H,9,10)/t;5-/m.1/s1. The van der Waals surface area contributed by atoms with Crippen molar-refractivity contribution in [1.82, 2.24) is 4.90 Å². The van der Waals surface area contributed by atoms with E-state index in [0.717, 1.165) is 5.56 Å². The lowest BCUT2D eigenvalue weighted by Gasteiger charge is -2.17. The van der Waals surface area contributed by atoms with Gasteiger partial charge >= 0.3 is 11.9 Å². The van der Waals surface area contributed by atoms with Crippen LogP contribution in [0.3, 0.4) is 0 Å². The number of carbonyl (C=O) groups excluding carboxylic acids is 2. The Kier molecular flexibility index (Phi) is 10.8. The fourth-order valence-electron chi connectivity index (χ4n) is 3.14. The molecule has 1 fully saturated rings. The first-order chi connectivity index (χ1) is 16.5. The smallest absolute Gasteiger partial charge is 0.327 e. The van der Waals surface area contributed by atoms with Crippen molar-refractivity contribution >= 4 is 64.4 Å². The molecule has 0 bridgehead atoms. The van der Waals surface area contributed by atoms with Crippen LogP contribution < -0.4 is 11.1 Å². The number of thioether (sulfide) groups is 1. The number of hydrogen-bond acceptors (Lipinski definition) is 6. The number of nitrogens with one attached hydrogen (secondary N) is 1. The van der Waals surface area contributed by atoms with Crippen LogP contribution in [0.2, 0.25) is 10.0 Å². The van der Waals surface area contributed by atoms with Crippen LogP contribution in [0.15, 0.2) is 42.5 Å². The van der Waals surface area contributed by atoms with Gasteiger partial charge in [-0.3, -0.25) is 14.4 Å². The van der Waals surface area contributed by atoms with Gasteiger partial charge in [0.05, 0.1) is 12.3 Å². The van der Waals surface area contributed by atoms with Crippen molar-refractivity contribution < 1.29 is 29.4 Å². The Hall–Kier alpha value is -2.79. The van der Waals surface area contributed by atoms with Gasteiger partial charge in [-0.05, 0) is 41.8 Å². The van der Waals surface area contributed by atoms with Crippen LogP contribution >= 0.6 is 35.0 Å². The molecule has 0 spiro atoms. The van der Waals surface area contributed by atoms with Gasteiger partial charge in [0.2, 0.25) is 11.8 Å². The van der Waals surface area contributed by atoms with E-state index in [0.29, 0.717) is 32.9 Å². The molecule has 12 heteroatoms. The molecule has 5 N–H and O–H groups in total. The first-order valence-electron chi connectivity index (χ1n) is 10.4. The third-order valence-electron chi connectivity index (χ3n) is 4.95. The number of rotatable bonds is 7. The van der Waals surface area contributed by atoms with E-state index >= 15 is 0 Å². The minimum absolute atomic E-state index is 0.0391. The van der Waals surface area contributed by atoms with Gasteiger partial charge in [0.25, 0.3) is 0 Å². The fourth-order valence-corrected chi connectivity index (χ4v) is 4.88. The number of nitrogens with zero attached hydrogens (tertiary/aromatic N) is 1. The highest BCUT2D eigenvalue weighted by atomic mass is 35.5. The molecule has 1 aliphatic heterocycles. The van der Waals surface area contributed by atoms with Gasteiger partial charge in [0.15, 0.2) is 0 Å². The van der Waals surface area contributed by atoms with Crippen molar-refractivity contribution in [3.05, 3.63) is 63.6 Å². The minimum atomic E-state index is -1.07.